The Labute approximate surface area is 74.8 Å². The zero-order chi connectivity index (χ0) is 8.72. The monoisotopic (exact) mass is 181 g/mol. The van der Waals surface area contributed by atoms with Crippen LogP contribution in [0.3, 0.4) is 0 Å². The van der Waals surface area contributed by atoms with Crippen LogP contribution in [0.15, 0.2) is 6.07 Å². The minimum atomic E-state index is 0.467. The van der Waals surface area contributed by atoms with Crippen molar-refractivity contribution in [3.05, 3.63) is 22.6 Å². The van der Waals surface area contributed by atoms with E-state index in [-0.39, 0.29) is 0 Å². The van der Waals surface area contributed by atoms with E-state index >= 15 is 0 Å². The molecule has 1 N–H and O–H groups in total. The van der Waals surface area contributed by atoms with Crippen molar-refractivity contribution in [2.24, 2.45) is 0 Å². The quantitative estimate of drug-likeness (QED) is 0.634. The van der Waals surface area contributed by atoms with Gasteiger partial charge < -0.3 is 0 Å². The molecule has 0 bridgehead atoms. The number of halogens is 1. The van der Waals surface area contributed by atoms with Crippen LogP contribution in [0.5, 0.6) is 0 Å². The summed E-state index contributed by atoms with van der Waals surface area (Å²) in [6, 6.07) is 1.97. The van der Waals surface area contributed by atoms with Gasteiger partial charge >= 0.3 is 0 Å². The first-order valence-electron chi connectivity index (χ1n) is 3.66. The molecule has 0 aromatic carbocycles. The van der Waals surface area contributed by atoms with Gasteiger partial charge in [-0.25, -0.2) is 4.98 Å². The van der Waals surface area contributed by atoms with Crippen molar-refractivity contribution in [3.63, 3.8) is 0 Å². The Kier molecular flexibility index (Phi) is 1.54. The van der Waals surface area contributed by atoms with Gasteiger partial charge in [-0.15, -0.1) is 0 Å². The molecule has 4 heteroatoms. The van der Waals surface area contributed by atoms with Crippen LogP contribution >= 0.6 is 11.6 Å². The molecule has 0 aliphatic carbocycles. The van der Waals surface area contributed by atoms with Crippen LogP contribution in [0.1, 0.15) is 11.4 Å². The molecule has 0 spiro atoms. The third-order valence-corrected chi connectivity index (χ3v) is 2.08. The average Bonchev–Trinajstić information content (AvgIpc) is 2.33. The predicted octanol–water partition coefficient (Wildman–Crippen LogP) is 2.23. The highest BCUT2D eigenvalue weighted by Crippen LogP contribution is 2.22. The molecule has 0 aliphatic heterocycles. The molecule has 0 radical (unpaired) electrons. The second-order valence-corrected chi connectivity index (χ2v) is 3.16. The smallest absolute Gasteiger partial charge is 0.157 e. The van der Waals surface area contributed by atoms with E-state index in [9.17, 15) is 0 Å². The minimum absolute atomic E-state index is 0.467. The van der Waals surface area contributed by atoms with E-state index in [0.29, 0.717) is 5.15 Å². The van der Waals surface area contributed by atoms with Crippen LogP contribution in [-0.4, -0.2) is 15.2 Å². The van der Waals surface area contributed by atoms with Gasteiger partial charge in [-0.2, -0.15) is 5.10 Å². The molecule has 2 aromatic rings. The fourth-order valence-electron chi connectivity index (χ4n) is 1.22. The summed E-state index contributed by atoms with van der Waals surface area (Å²) in [6.07, 6.45) is 0. The maximum atomic E-state index is 5.88. The Morgan fingerprint density at radius 1 is 1.42 bits per heavy atom. The van der Waals surface area contributed by atoms with E-state index in [1.165, 1.54) is 0 Å². The third-order valence-electron chi connectivity index (χ3n) is 1.82. The number of aromatic amines is 1. The summed E-state index contributed by atoms with van der Waals surface area (Å²) >= 11 is 5.88. The van der Waals surface area contributed by atoms with Crippen molar-refractivity contribution in [1.29, 1.82) is 0 Å². The Bertz CT molecular complexity index is 433. The topological polar surface area (TPSA) is 41.6 Å². The first-order chi connectivity index (χ1) is 5.68. The summed E-state index contributed by atoms with van der Waals surface area (Å²) in [6.45, 7) is 3.88. The van der Waals surface area contributed by atoms with Crippen molar-refractivity contribution >= 4 is 22.5 Å². The normalized spacial score (nSPS) is 10.9. The lowest BCUT2D eigenvalue weighted by atomic mass is 10.2. The standard InChI is InChI=1S/C8H8ClN3/c1-4-3-6-5(2)11-12-7(6)8(9)10-4/h3H,1-2H3,(H,11,12). The predicted molar refractivity (Wildman–Crippen MR) is 48.4 cm³/mol. The fourth-order valence-corrected chi connectivity index (χ4v) is 1.50. The number of nitrogens with zero attached hydrogens (tertiary/aromatic N) is 2. The van der Waals surface area contributed by atoms with E-state index in [4.69, 9.17) is 11.6 Å². The second kappa shape index (κ2) is 2.45. The zero-order valence-corrected chi connectivity index (χ0v) is 7.61. The van der Waals surface area contributed by atoms with Gasteiger partial charge in [-0.1, -0.05) is 11.6 Å². The molecular formula is C8H8ClN3. The summed E-state index contributed by atoms with van der Waals surface area (Å²) in [5.74, 6) is 0. The highest BCUT2D eigenvalue weighted by molar-refractivity contribution is 6.33. The second-order valence-electron chi connectivity index (χ2n) is 2.80. The van der Waals surface area contributed by atoms with E-state index < -0.39 is 0 Å². The van der Waals surface area contributed by atoms with Crippen molar-refractivity contribution in [2.75, 3.05) is 0 Å². The van der Waals surface area contributed by atoms with Crippen molar-refractivity contribution < 1.29 is 0 Å². The number of pyridine rings is 1. The molecule has 62 valence electrons. The average molecular weight is 182 g/mol. The van der Waals surface area contributed by atoms with Gasteiger partial charge in [0.05, 0.1) is 0 Å². The number of rotatable bonds is 0. The van der Waals surface area contributed by atoms with Gasteiger partial charge in [0, 0.05) is 16.8 Å². The Hall–Kier alpha value is -1.09. The van der Waals surface area contributed by atoms with E-state index in [1.807, 2.05) is 19.9 Å². The molecule has 0 aliphatic rings. The van der Waals surface area contributed by atoms with Crippen molar-refractivity contribution in [1.82, 2.24) is 15.2 Å². The number of hydrogen-bond donors (Lipinski definition) is 1. The van der Waals surface area contributed by atoms with Crippen molar-refractivity contribution in [3.8, 4) is 0 Å². The number of aromatic nitrogens is 3. The first-order valence-corrected chi connectivity index (χ1v) is 4.04. The number of hydrogen-bond acceptors (Lipinski definition) is 2. The van der Waals surface area contributed by atoms with E-state index in [2.05, 4.69) is 15.2 Å². The number of aryl methyl sites for hydroxylation is 2. The molecule has 0 saturated carbocycles. The number of H-pyrrole nitrogens is 1. The molecule has 0 unspecified atom stereocenters. The summed E-state index contributed by atoms with van der Waals surface area (Å²) in [4.78, 5) is 4.10. The molecule has 12 heavy (non-hydrogen) atoms. The summed E-state index contributed by atoms with van der Waals surface area (Å²) < 4.78 is 0. The summed E-state index contributed by atoms with van der Waals surface area (Å²) in [5, 5.41) is 8.43. The molecule has 3 nitrogen and oxygen atoms in total. The van der Waals surface area contributed by atoms with E-state index in [1.54, 1.807) is 0 Å². The maximum absolute atomic E-state index is 5.88. The molecule has 2 rings (SSSR count). The highest BCUT2D eigenvalue weighted by Gasteiger charge is 2.06. The van der Waals surface area contributed by atoms with Crippen LogP contribution in [0.25, 0.3) is 10.9 Å². The molecule has 0 fully saturated rings. The van der Waals surface area contributed by atoms with Gasteiger partial charge in [0.2, 0.25) is 0 Å². The molecule has 0 amide bonds. The van der Waals surface area contributed by atoms with Gasteiger partial charge in [-0.05, 0) is 19.9 Å². The lowest BCUT2D eigenvalue weighted by molar-refractivity contribution is 1.07. The van der Waals surface area contributed by atoms with Crippen LogP contribution in [0.4, 0.5) is 0 Å². The lowest BCUT2D eigenvalue weighted by Gasteiger charge is -1.94. The van der Waals surface area contributed by atoms with Crippen LogP contribution in [0.2, 0.25) is 5.15 Å². The van der Waals surface area contributed by atoms with Crippen LogP contribution < -0.4 is 0 Å². The Morgan fingerprint density at radius 3 is 2.92 bits per heavy atom. The molecular weight excluding hydrogens is 174 g/mol. The number of fused-ring (bicyclic) bond motifs is 1. The van der Waals surface area contributed by atoms with Gasteiger partial charge in [0.25, 0.3) is 0 Å². The minimum Gasteiger partial charge on any atom is -0.282 e. The van der Waals surface area contributed by atoms with Crippen molar-refractivity contribution in [2.45, 2.75) is 13.8 Å². The third kappa shape index (κ3) is 0.975. The largest absolute Gasteiger partial charge is 0.282 e. The maximum Gasteiger partial charge on any atom is 0.157 e. The zero-order valence-electron chi connectivity index (χ0n) is 6.85. The first kappa shape index (κ1) is 7.55. The lowest BCUT2D eigenvalue weighted by Crippen LogP contribution is -1.82. The summed E-state index contributed by atoms with van der Waals surface area (Å²) in [5.41, 5.74) is 2.69. The molecule has 0 atom stereocenters. The number of nitrogens with one attached hydrogen (secondary N) is 1. The van der Waals surface area contributed by atoms with E-state index in [0.717, 1.165) is 22.3 Å². The Balaban J connectivity index is 2.92. The van der Waals surface area contributed by atoms with Crippen LogP contribution in [-0.2, 0) is 0 Å². The Morgan fingerprint density at radius 2 is 2.17 bits per heavy atom. The molecule has 2 heterocycles. The van der Waals surface area contributed by atoms with Gasteiger partial charge in [0.15, 0.2) is 5.15 Å². The highest BCUT2D eigenvalue weighted by atomic mass is 35.5. The molecule has 2 aromatic heterocycles. The SMILES string of the molecule is Cc1cc2c(C)[nH]nc2c(Cl)n1. The van der Waals surface area contributed by atoms with Gasteiger partial charge in [0.1, 0.15) is 5.52 Å². The fraction of sp³-hybridized carbons (Fsp3) is 0.250. The van der Waals surface area contributed by atoms with Gasteiger partial charge in [-0.3, -0.25) is 5.10 Å². The molecule has 0 saturated heterocycles. The van der Waals surface area contributed by atoms with Crippen LogP contribution in [0, 0.1) is 13.8 Å². The summed E-state index contributed by atoms with van der Waals surface area (Å²) in [7, 11) is 0.